The predicted molar refractivity (Wildman–Crippen MR) is 180 cm³/mol. The van der Waals surface area contributed by atoms with Crippen molar-refractivity contribution < 1.29 is 19.4 Å². The Kier molecular flexibility index (Phi) is 9.98. The van der Waals surface area contributed by atoms with Crippen LogP contribution in [-0.2, 0) is 16.0 Å². The fourth-order valence-corrected chi connectivity index (χ4v) is 7.40. The van der Waals surface area contributed by atoms with Gasteiger partial charge in [-0.15, -0.1) is 0 Å². The number of anilines is 2. The molecule has 2 N–H and O–H groups in total. The Morgan fingerprint density at radius 1 is 1.02 bits per heavy atom. The number of fused-ring (bicyclic) bond motifs is 1. The van der Waals surface area contributed by atoms with Gasteiger partial charge in [0.1, 0.15) is 18.3 Å². The van der Waals surface area contributed by atoms with Crippen LogP contribution in [-0.4, -0.2) is 37.2 Å². The minimum absolute atomic E-state index is 0.175. The number of nitrogens with zero attached hydrogens (tertiary/aromatic N) is 2. The molecule has 0 aromatic heterocycles. The highest BCUT2D eigenvalue weighted by atomic mass is 35.5. The highest BCUT2D eigenvalue weighted by Crippen LogP contribution is 2.44. The Morgan fingerprint density at radius 3 is 2.41 bits per heavy atom. The molecule has 1 unspecified atom stereocenters. The minimum Gasteiger partial charge on any atom is -0.497 e. The van der Waals surface area contributed by atoms with Crippen molar-refractivity contribution >= 4 is 58.7 Å². The van der Waals surface area contributed by atoms with Crippen LogP contribution in [0, 0.1) is 20.8 Å². The van der Waals surface area contributed by atoms with Gasteiger partial charge in [0.2, 0.25) is 0 Å². The maximum absolute atomic E-state index is 14.0. The molecule has 0 saturated heterocycles. The maximum Gasteiger partial charge on any atom is 0.324 e. The van der Waals surface area contributed by atoms with E-state index in [0.29, 0.717) is 23.7 Å². The van der Waals surface area contributed by atoms with Gasteiger partial charge in [-0.25, -0.2) is 0 Å². The summed E-state index contributed by atoms with van der Waals surface area (Å²) in [5, 5.41) is 10.5. The minimum atomic E-state index is -0.916. The molecule has 0 saturated carbocycles. The van der Waals surface area contributed by atoms with Crippen molar-refractivity contribution in [2.75, 3.05) is 29.4 Å². The van der Waals surface area contributed by atoms with E-state index in [0.717, 1.165) is 43.4 Å². The van der Waals surface area contributed by atoms with E-state index in [1.165, 1.54) is 29.5 Å². The number of carbonyl (C=O) groups excluding carboxylic acids is 1. The highest BCUT2D eigenvalue weighted by Gasteiger charge is 2.35. The standard InChI is InChI=1S/C34H34ClN3O4S2/c1-21-17-22(2)33(23(3)18-21)44-38(20-31(39)40)30-10-6-9-29-28(30)15-16-37(29)32(24-7-5-8-26(19-24)42-4)34(41)36-43-27-13-11-25(35)12-14-27/h5-14,17-19,32H,15-16,20H2,1-4H3,(H,36,41)(H,39,40). The molecule has 4 aromatic carbocycles. The van der Waals surface area contributed by atoms with Gasteiger partial charge in [-0.1, -0.05) is 47.5 Å². The molecule has 1 heterocycles. The fourth-order valence-electron chi connectivity index (χ4n) is 5.61. The number of carbonyl (C=O) groups is 2. The first kappa shape index (κ1) is 31.6. The van der Waals surface area contributed by atoms with Crippen LogP contribution in [0.25, 0.3) is 0 Å². The second-order valence-electron chi connectivity index (χ2n) is 10.7. The molecular weight excluding hydrogens is 614 g/mol. The molecule has 0 spiro atoms. The van der Waals surface area contributed by atoms with Gasteiger partial charge in [0, 0.05) is 32.6 Å². The SMILES string of the molecule is COc1cccc(C(C(=O)NSc2ccc(Cl)cc2)N2CCc3c(N(CC(=O)O)Sc4c(C)cc(C)cc4C)cccc32)c1. The van der Waals surface area contributed by atoms with E-state index < -0.39 is 12.0 Å². The summed E-state index contributed by atoms with van der Waals surface area (Å²) in [6, 6.07) is 24.3. The normalized spacial score (nSPS) is 12.9. The average Bonchev–Trinajstić information content (AvgIpc) is 3.42. The summed E-state index contributed by atoms with van der Waals surface area (Å²) < 4.78 is 10.4. The van der Waals surface area contributed by atoms with Gasteiger partial charge in [0.05, 0.1) is 12.8 Å². The summed E-state index contributed by atoms with van der Waals surface area (Å²) >= 11 is 8.73. The van der Waals surface area contributed by atoms with Gasteiger partial charge in [0.25, 0.3) is 5.91 Å². The lowest BCUT2D eigenvalue weighted by atomic mass is 10.0. The lowest BCUT2D eigenvalue weighted by molar-refractivity contribution is -0.135. The van der Waals surface area contributed by atoms with Crippen molar-refractivity contribution in [3.8, 4) is 5.75 Å². The number of hydrogen-bond donors (Lipinski definition) is 2. The summed E-state index contributed by atoms with van der Waals surface area (Å²) in [5.74, 6) is -0.439. The van der Waals surface area contributed by atoms with Crippen LogP contribution in [0.15, 0.2) is 88.7 Å². The number of methoxy groups -OCH3 is 1. The van der Waals surface area contributed by atoms with E-state index in [1.54, 1.807) is 19.2 Å². The molecule has 4 aromatic rings. The maximum atomic E-state index is 14.0. The number of hydrogen-bond acceptors (Lipinski definition) is 7. The monoisotopic (exact) mass is 647 g/mol. The number of amides is 1. The second kappa shape index (κ2) is 13.9. The van der Waals surface area contributed by atoms with E-state index in [1.807, 2.05) is 58.9 Å². The smallest absolute Gasteiger partial charge is 0.324 e. The van der Waals surface area contributed by atoms with E-state index in [-0.39, 0.29) is 12.5 Å². The third-order valence-electron chi connectivity index (χ3n) is 7.45. The topological polar surface area (TPSA) is 82.1 Å². The molecule has 1 amide bonds. The number of rotatable bonds is 11. The quantitative estimate of drug-likeness (QED) is 0.160. The number of ether oxygens (including phenoxy) is 1. The number of benzene rings is 4. The fraction of sp³-hybridized carbons (Fsp3) is 0.235. The number of carboxylic acid groups (broad SMARTS) is 1. The Bertz CT molecular complexity index is 1660. The van der Waals surface area contributed by atoms with E-state index in [4.69, 9.17) is 16.3 Å². The molecule has 0 aliphatic carbocycles. The summed E-state index contributed by atoms with van der Waals surface area (Å²) in [7, 11) is 1.61. The molecule has 10 heteroatoms. The van der Waals surface area contributed by atoms with Crippen LogP contribution in [0.2, 0.25) is 5.02 Å². The molecule has 0 bridgehead atoms. The number of aliphatic carboxylic acids is 1. The van der Waals surface area contributed by atoms with Crippen LogP contribution in [0.3, 0.4) is 0 Å². The Morgan fingerprint density at radius 2 is 1.73 bits per heavy atom. The predicted octanol–water partition coefficient (Wildman–Crippen LogP) is 7.80. The molecule has 44 heavy (non-hydrogen) atoms. The molecule has 0 fully saturated rings. The largest absolute Gasteiger partial charge is 0.497 e. The van der Waals surface area contributed by atoms with Gasteiger partial charge in [-0.3, -0.25) is 14.3 Å². The summed E-state index contributed by atoms with van der Waals surface area (Å²) in [6.45, 7) is 6.58. The average molecular weight is 648 g/mol. The van der Waals surface area contributed by atoms with Crippen LogP contribution in [0.5, 0.6) is 5.75 Å². The zero-order valence-corrected chi connectivity index (χ0v) is 27.4. The van der Waals surface area contributed by atoms with Crippen molar-refractivity contribution in [2.24, 2.45) is 0 Å². The van der Waals surface area contributed by atoms with Crippen molar-refractivity contribution in [1.82, 2.24) is 4.72 Å². The molecular formula is C34H34ClN3O4S2. The van der Waals surface area contributed by atoms with Gasteiger partial charge in [-0.05, 0) is 116 Å². The molecule has 7 nitrogen and oxygen atoms in total. The highest BCUT2D eigenvalue weighted by molar-refractivity contribution is 8.00. The molecule has 228 valence electrons. The van der Waals surface area contributed by atoms with Crippen molar-refractivity contribution in [3.63, 3.8) is 0 Å². The summed E-state index contributed by atoms with van der Waals surface area (Å²) in [6.07, 6.45) is 0.659. The summed E-state index contributed by atoms with van der Waals surface area (Å²) in [5.41, 5.74) is 6.90. The van der Waals surface area contributed by atoms with Gasteiger partial charge < -0.3 is 19.0 Å². The van der Waals surface area contributed by atoms with E-state index >= 15 is 0 Å². The van der Waals surface area contributed by atoms with Gasteiger partial charge in [0.15, 0.2) is 0 Å². The first-order valence-electron chi connectivity index (χ1n) is 14.1. The third-order valence-corrected chi connectivity index (χ3v) is 9.88. The van der Waals surface area contributed by atoms with Crippen LogP contribution in [0.4, 0.5) is 11.4 Å². The molecule has 1 aliphatic rings. The Hall–Kier alpha value is -3.79. The molecule has 5 rings (SSSR count). The zero-order chi connectivity index (χ0) is 31.4. The van der Waals surface area contributed by atoms with Gasteiger partial charge >= 0.3 is 5.97 Å². The van der Waals surface area contributed by atoms with Crippen LogP contribution < -0.4 is 18.7 Å². The third kappa shape index (κ3) is 7.12. The van der Waals surface area contributed by atoms with Crippen molar-refractivity contribution in [2.45, 2.75) is 43.0 Å². The lowest BCUT2D eigenvalue weighted by Gasteiger charge is -2.31. The van der Waals surface area contributed by atoms with Gasteiger partial charge in [-0.2, -0.15) is 0 Å². The zero-order valence-electron chi connectivity index (χ0n) is 25.0. The number of halogens is 1. The Labute approximate surface area is 271 Å². The second-order valence-corrected chi connectivity index (χ2v) is 13.0. The van der Waals surface area contributed by atoms with Crippen molar-refractivity contribution in [3.05, 3.63) is 112 Å². The van der Waals surface area contributed by atoms with E-state index in [2.05, 4.69) is 42.5 Å². The lowest BCUT2D eigenvalue weighted by Crippen LogP contribution is -2.37. The Balaban J connectivity index is 1.51. The molecule has 0 radical (unpaired) electrons. The number of carboxylic acids is 1. The summed E-state index contributed by atoms with van der Waals surface area (Å²) in [4.78, 5) is 30.0. The first-order valence-corrected chi connectivity index (χ1v) is 16.1. The number of nitrogens with one attached hydrogen (secondary N) is 1. The van der Waals surface area contributed by atoms with E-state index in [9.17, 15) is 14.7 Å². The molecule has 1 atom stereocenters. The number of aryl methyl sites for hydroxylation is 3. The molecule has 1 aliphatic heterocycles. The van der Waals surface area contributed by atoms with Crippen LogP contribution >= 0.6 is 35.5 Å². The van der Waals surface area contributed by atoms with Crippen LogP contribution in [0.1, 0.15) is 33.9 Å². The van der Waals surface area contributed by atoms with Crippen molar-refractivity contribution in [1.29, 1.82) is 0 Å². The first-order chi connectivity index (χ1) is 21.1.